The molecular formula is C52H81NO12. The van der Waals surface area contributed by atoms with Crippen LogP contribution in [0.1, 0.15) is 138 Å². The molecule has 1 amide bonds. The highest BCUT2D eigenvalue weighted by atomic mass is 16.6. The molecule has 0 spiro atoms. The minimum absolute atomic E-state index is 0.0711. The van der Waals surface area contributed by atoms with E-state index in [1.807, 2.05) is 65.0 Å². The van der Waals surface area contributed by atoms with E-state index in [2.05, 4.69) is 13.0 Å². The molecule has 0 radical (unpaired) electrons. The van der Waals surface area contributed by atoms with Crippen molar-refractivity contribution in [3.63, 3.8) is 0 Å². The van der Waals surface area contributed by atoms with Crippen LogP contribution in [0.2, 0.25) is 0 Å². The molecule has 0 aromatic carbocycles. The Morgan fingerprint density at radius 2 is 1.55 bits per heavy atom. The fourth-order valence-electron chi connectivity index (χ4n) is 10.4. The van der Waals surface area contributed by atoms with Crippen molar-refractivity contribution in [2.75, 3.05) is 27.9 Å². The summed E-state index contributed by atoms with van der Waals surface area (Å²) in [5.74, 6) is -6.76. The molecule has 4 aliphatic rings. The van der Waals surface area contributed by atoms with E-state index in [1.54, 1.807) is 28.3 Å². The van der Waals surface area contributed by atoms with Crippen LogP contribution in [0.3, 0.4) is 0 Å². The SMILES string of the molecule is CC[C@@H]1CC[C@H]2C[C@H](OC)C(C)=CC=CC=C[C@@H](C)C[C@@H](C)C(=O)C[C@H](OC)C(C)=C[C@@H](C)C(=O)C[C@@H]([C@H](C)C[C@@H]3CC[C@@H](O)C(OC)C3)OC(=O)[C@@H]3CCCCN3C(=O)C(=O)[C@]1(O)O2. The van der Waals surface area contributed by atoms with Gasteiger partial charge in [-0.3, -0.25) is 19.2 Å². The van der Waals surface area contributed by atoms with Crippen LogP contribution in [0, 0.1) is 35.5 Å². The third-order valence-corrected chi connectivity index (χ3v) is 14.7. The fraction of sp³-hybridized carbons (Fsp3) is 0.750. The smallest absolute Gasteiger partial charge is 0.329 e. The van der Waals surface area contributed by atoms with E-state index >= 15 is 0 Å². The van der Waals surface area contributed by atoms with Gasteiger partial charge in [-0.2, -0.15) is 0 Å². The lowest BCUT2D eigenvalue weighted by Crippen LogP contribution is -2.61. The van der Waals surface area contributed by atoms with Gasteiger partial charge in [0.05, 0.1) is 30.5 Å². The molecule has 65 heavy (non-hydrogen) atoms. The van der Waals surface area contributed by atoms with Crippen molar-refractivity contribution in [3.05, 3.63) is 47.6 Å². The van der Waals surface area contributed by atoms with Gasteiger partial charge in [-0.1, -0.05) is 71.1 Å². The van der Waals surface area contributed by atoms with Crippen LogP contribution in [-0.2, 0) is 47.7 Å². The maximum Gasteiger partial charge on any atom is 0.329 e. The summed E-state index contributed by atoms with van der Waals surface area (Å²) in [6.07, 6.45) is 14.8. The molecule has 14 atom stereocenters. The zero-order valence-electron chi connectivity index (χ0n) is 41.0. The van der Waals surface area contributed by atoms with Gasteiger partial charge < -0.3 is 38.8 Å². The number of hydrogen-bond donors (Lipinski definition) is 2. The summed E-state index contributed by atoms with van der Waals surface area (Å²) in [5, 5.41) is 22.6. The van der Waals surface area contributed by atoms with Gasteiger partial charge in [-0.05, 0) is 113 Å². The average molecular weight is 912 g/mol. The lowest BCUT2D eigenvalue weighted by molar-refractivity contribution is -0.269. The fourth-order valence-corrected chi connectivity index (χ4v) is 10.4. The number of rotatable bonds is 7. The maximum absolute atomic E-state index is 14.4. The van der Waals surface area contributed by atoms with E-state index < -0.39 is 71.8 Å². The predicted octanol–water partition coefficient (Wildman–Crippen LogP) is 7.60. The van der Waals surface area contributed by atoms with Crippen molar-refractivity contribution in [2.45, 2.75) is 187 Å². The number of aliphatic hydroxyl groups is 2. The lowest BCUT2D eigenvalue weighted by atomic mass is 9.78. The lowest BCUT2D eigenvalue weighted by Gasteiger charge is -2.43. The predicted molar refractivity (Wildman–Crippen MR) is 248 cm³/mol. The van der Waals surface area contributed by atoms with E-state index in [4.69, 9.17) is 23.7 Å². The molecule has 0 aromatic heterocycles. The first-order chi connectivity index (χ1) is 30.9. The van der Waals surface area contributed by atoms with Gasteiger partial charge in [0.15, 0.2) is 0 Å². The van der Waals surface area contributed by atoms with E-state index in [1.165, 1.54) is 4.90 Å². The number of ketones is 3. The first-order valence-electron chi connectivity index (χ1n) is 24.3. The molecule has 3 fully saturated rings. The monoisotopic (exact) mass is 912 g/mol. The number of Topliss-reactive ketones (excluding diaryl/α,β-unsaturated/α-hetero) is 3. The molecule has 0 aromatic rings. The van der Waals surface area contributed by atoms with Gasteiger partial charge in [0.1, 0.15) is 23.7 Å². The molecular weight excluding hydrogens is 831 g/mol. The molecule has 2 bridgehead atoms. The number of methoxy groups -OCH3 is 3. The van der Waals surface area contributed by atoms with Gasteiger partial charge in [-0.15, -0.1) is 0 Å². The van der Waals surface area contributed by atoms with Crippen LogP contribution in [0.5, 0.6) is 0 Å². The highest BCUT2D eigenvalue weighted by Crippen LogP contribution is 2.39. The summed E-state index contributed by atoms with van der Waals surface area (Å²) in [6.45, 7) is 13.5. The molecule has 4 rings (SSSR count). The summed E-state index contributed by atoms with van der Waals surface area (Å²) in [5.41, 5.74) is 1.66. The average Bonchev–Trinajstić information content (AvgIpc) is 3.28. The second-order valence-corrected chi connectivity index (χ2v) is 19.7. The highest BCUT2D eigenvalue weighted by Gasteiger charge is 2.54. The topological polar surface area (TPSA) is 175 Å². The van der Waals surface area contributed by atoms with Gasteiger partial charge >= 0.3 is 5.97 Å². The number of amides is 1. The normalized spacial score (nSPS) is 36.7. The van der Waals surface area contributed by atoms with Crippen molar-refractivity contribution < 1.29 is 57.9 Å². The first-order valence-corrected chi connectivity index (χ1v) is 24.3. The summed E-state index contributed by atoms with van der Waals surface area (Å²) in [4.78, 5) is 72.0. The molecule has 3 heterocycles. The van der Waals surface area contributed by atoms with Crippen molar-refractivity contribution in [3.8, 4) is 0 Å². The highest BCUT2D eigenvalue weighted by molar-refractivity contribution is 6.39. The third kappa shape index (κ3) is 14.8. The number of hydrogen-bond acceptors (Lipinski definition) is 12. The number of carbonyl (C=O) groups is 5. The second-order valence-electron chi connectivity index (χ2n) is 19.7. The summed E-state index contributed by atoms with van der Waals surface area (Å²) < 4.78 is 29.8. The van der Waals surface area contributed by atoms with E-state index in [-0.39, 0.29) is 67.1 Å². The molecule has 1 saturated carbocycles. The molecule has 1 unspecified atom stereocenters. The van der Waals surface area contributed by atoms with Crippen LogP contribution >= 0.6 is 0 Å². The number of piperidine rings is 1. The Hall–Kier alpha value is -3.33. The zero-order chi connectivity index (χ0) is 48.0. The van der Waals surface area contributed by atoms with Crippen LogP contribution in [0.15, 0.2) is 47.6 Å². The standard InChI is InChI=1S/C52H81NO12/c1-11-39-21-22-40-29-45(61-8)33(3)18-14-12-13-17-32(2)25-34(4)43(55)30-46(62-9)36(6)26-35(5)44(56)31-47(37(7)27-38-20-23-42(54)48(28-38)63-10)64-51(59)41-19-15-16-24-53(41)50(58)49(57)52(39,60)65-40/h12-14,17-18,26,32,34-35,37-42,45-48,54,60H,11,15-16,19-25,27-31H2,1-10H3/t32-,34-,35-,37-,38+,39-,40+,41+,42-,45+,46+,47+,48?,52-/m1/s1. The molecule has 13 heteroatoms. The molecule has 366 valence electrons. The van der Waals surface area contributed by atoms with Gasteiger partial charge in [0.25, 0.3) is 11.7 Å². The second kappa shape index (κ2) is 25.7. The maximum atomic E-state index is 14.4. The number of aliphatic hydroxyl groups excluding tert-OH is 1. The minimum Gasteiger partial charge on any atom is -0.460 e. The number of nitrogens with zero attached hydrogens (tertiary/aromatic N) is 1. The van der Waals surface area contributed by atoms with Crippen LogP contribution < -0.4 is 0 Å². The summed E-state index contributed by atoms with van der Waals surface area (Å²) in [7, 11) is 4.74. The van der Waals surface area contributed by atoms with Crippen molar-refractivity contribution >= 4 is 29.2 Å². The number of fused-ring (bicyclic) bond motifs is 3. The first kappa shape index (κ1) is 54.3. The van der Waals surface area contributed by atoms with Crippen molar-refractivity contribution in [1.29, 1.82) is 0 Å². The van der Waals surface area contributed by atoms with E-state index in [9.17, 15) is 34.2 Å². The number of cyclic esters (lactones) is 1. The quantitative estimate of drug-likeness (QED) is 0.146. The van der Waals surface area contributed by atoms with Gasteiger partial charge in [0.2, 0.25) is 5.79 Å². The van der Waals surface area contributed by atoms with Crippen LogP contribution in [0.25, 0.3) is 0 Å². The zero-order valence-corrected chi connectivity index (χ0v) is 41.0. The van der Waals surface area contributed by atoms with Crippen LogP contribution in [-0.4, -0.2) is 121 Å². The number of esters is 1. The summed E-state index contributed by atoms with van der Waals surface area (Å²) >= 11 is 0. The third-order valence-electron chi connectivity index (χ3n) is 14.7. The molecule has 2 saturated heterocycles. The Labute approximate surface area is 388 Å². The largest absolute Gasteiger partial charge is 0.460 e. The van der Waals surface area contributed by atoms with E-state index in [0.29, 0.717) is 64.2 Å². The Balaban J connectivity index is 1.70. The van der Waals surface area contributed by atoms with Gasteiger partial charge in [-0.25, -0.2) is 4.79 Å². The van der Waals surface area contributed by atoms with Crippen molar-refractivity contribution in [2.24, 2.45) is 35.5 Å². The van der Waals surface area contributed by atoms with Crippen LogP contribution in [0.4, 0.5) is 0 Å². The minimum atomic E-state index is -2.40. The summed E-state index contributed by atoms with van der Waals surface area (Å²) in [6, 6.07) is -1.11. The Morgan fingerprint density at radius 3 is 2.23 bits per heavy atom. The number of carbonyl (C=O) groups excluding carboxylic acids is 5. The molecule has 3 aliphatic heterocycles. The Morgan fingerprint density at radius 1 is 0.831 bits per heavy atom. The Kier molecular flexibility index (Phi) is 21.5. The molecule has 2 N–H and O–H groups in total. The number of ether oxygens (including phenoxy) is 5. The molecule has 1 aliphatic carbocycles. The Bertz CT molecular complexity index is 1740. The van der Waals surface area contributed by atoms with Gasteiger partial charge in [0, 0.05) is 64.9 Å². The number of allylic oxidation sites excluding steroid dienone is 6. The van der Waals surface area contributed by atoms with Crippen molar-refractivity contribution in [1.82, 2.24) is 4.90 Å². The van der Waals surface area contributed by atoms with E-state index in [0.717, 1.165) is 17.6 Å². The molecule has 13 nitrogen and oxygen atoms in total.